The van der Waals surface area contributed by atoms with E-state index in [4.69, 9.17) is 11.6 Å². The van der Waals surface area contributed by atoms with Crippen molar-refractivity contribution in [2.75, 3.05) is 31.1 Å². The van der Waals surface area contributed by atoms with E-state index in [0.29, 0.717) is 17.0 Å². The molecule has 2 aliphatic rings. The summed E-state index contributed by atoms with van der Waals surface area (Å²) in [5.41, 5.74) is 0.0378. The van der Waals surface area contributed by atoms with E-state index >= 15 is 0 Å². The lowest BCUT2D eigenvalue weighted by Crippen LogP contribution is -2.50. The number of hydrogen-bond acceptors (Lipinski definition) is 5. The van der Waals surface area contributed by atoms with Crippen LogP contribution in [0, 0.1) is 10.1 Å². The Morgan fingerprint density at radius 3 is 3.00 bits per heavy atom. The van der Waals surface area contributed by atoms with E-state index in [2.05, 4.69) is 9.88 Å². The molecule has 0 aliphatic carbocycles. The van der Waals surface area contributed by atoms with Gasteiger partial charge in [0.05, 0.1) is 4.92 Å². The Labute approximate surface area is 116 Å². The number of nitro groups is 1. The van der Waals surface area contributed by atoms with Crippen molar-refractivity contribution in [1.29, 1.82) is 0 Å². The van der Waals surface area contributed by atoms with E-state index < -0.39 is 0 Å². The summed E-state index contributed by atoms with van der Waals surface area (Å²) in [6.45, 7) is 3.65. The van der Waals surface area contributed by atoms with Crippen molar-refractivity contribution >= 4 is 23.1 Å². The van der Waals surface area contributed by atoms with Gasteiger partial charge in [-0.15, -0.1) is 0 Å². The van der Waals surface area contributed by atoms with E-state index in [-0.39, 0.29) is 10.6 Å². The van der Waals surface area contributed by atoms with Crippen LogP contribution >= 0.6 is 11.6 Å². The standard InChI is InChI=1S/C12H15ClN4O2/c13-11-4-3-10(17(18)19)12(14-11)16-7-6-15-5-1-2-9(15)8-16/h3-4,9H,1-2,5-8H2. The van der Waals surface area contributed by atoms with Crippen LogP contribution in [0.1, 0.15) is 12.8 Å². The van der Waals surface area contributed by atoms with Crippen molar-refractivity contribution in [3.63, 3.8) is 0 Å². The summed E-state index contributed by atoms with van der Waals surface area (Å²) in [6, 6.07) is 3.40. The quantitative estimate of drug-likeness (QED) is 0.471. The molecule has 102 valence electrons. The Bertz CT molecular complexity index is 511. The summed E-state index contributed by atoms with van der Waals surface area (Å²) in [7, 11) is 0. The second-order valence-corrected chi connectivity index (χ2v) is 5.40. The van der Waals surface area contributed by atoms with Crippen molar-refractivity contribution in [1.82, 2.24) is 9.88 Å². The predicted molar refractivity (Wildman–Crippen MR) is 72.7 cm³/mol. The first-order chi connectivity index (χ1) is 9.15. The SMILES string of the molecule is O=[N+]([O-])c1ccc(Cl)nc1N1CCN2CCCC2C1. The lowest BCUT2D eigenvalue weighted by Gasteiger charge is -2.37. The van der Waals surface area contributed by atoms with Gasteiger partial charge in [0.1, 0.15) is 5.15 Å². The molecule has 1 unspecified atom stereocenters. The highest BCUT2D eigenvalue weighted by atomic mass is 35.5. The summed E-state index contributed by atoms with van der Waals surface area (Å²) < 4.78 is 0. The molecule has 3 heterocycles. The Morgan fingerprint density at radius 1 is 1.37 bits per heavy atom. The van der Waals surface area contributed by atoms with Crippen LogP contribution in [-0.4, -0.2) is 47.0 Å². The molecule has 0 aromatic carbocycles. The van der Waals surface area contributed by atoms with Crippen LogP contribution in [-0.2, 0) is 0 Å². The predicted octanol–water partition coefficient (Wildman–Crippen LogP) is 1.93. The molecule has 1 atom stereocenters. The third-order valence-electron chi connectivity index (χ3n) is 3.90. The summed E-state index contributed by atoms with van der Waals surface area (Å²) >= 11 is 5.88. The zero-order chi connectivity index (χ0) is 13.4. The minimum atomic E-state index is -0.389. The fourth-order valence-electron chi connectivity index (χ4n) is 2.98. The average molecular weight is 283 g/mol. The van der Waals surface area contributed by atoms with Crippen LogP contribution < -0.4 is 4.90 Å². The van der Waals surface area contributed by atoms with Crippen LogP contribution in [0.3, 0.4) is 0 Å². The fraction of sp³-hybridized carbons (Fsp3) is 0.583. The zero-order valence-electron chi connectivity index (χ0n) is 10.5. The molecule has 0 saturated carbocycles. The molecule has 1 aromatic rings. The number of fused-ring (bicyclic) bond motifs is 1. The van der Waals surface area contributed by atoms with E-state index in [1.807, 2.05) is 4.90 Å². The summed E-state index contributed by atoms with van der Waals surface area (Å²) in [5.74, 6) is 0.407. The number of pyridine rings is 1. The fourth-order valence-corrected chi connectivity index (χ4v) is 3.12. The Kier molecular flexibility index (Phi) is 3.28. The number of anilines is 1. The molecule has 2 aliphatic heterocycles. The maximum absolute atomic E-state index is 11.1. The van der Waals surface area contributed by atoms with Crippen molar-refractivity contribution in [3.8, 4) is 0 Å². The normalized spacial score (nSPS) is 23.4. The number of nitrogens with zero attached hydrogens (tertiary/aromatic N) is 4. The lowest BCUT2D eigenvalue weighted by molar-refractivity contribution is -0.384. The van der Waals surface area contributed by atoms with Crippen LogP contribution in [0.5, 0.6) is 0 Å². The van der Waals surface area contributed by atoms with Crippen LogP contribution in [0.15, 0.2) is 12.1 Å². The van der Waals surface area contributed by atoms with Crippen molar-refractivity contribution in [3.05, 3.63) is 27.4 Å². The number of rotatable bonds is 2. The Morgan fingerprint density at radius 2 is 2.21 bits per heavy atom. The highest BCUT2D eigenvalue weighted by molar-refractivity contribution is 6.29. The third kappa shape index (κ3) is 2.37. The summed E-state index contributed by atoms with van der Waals surface area (Å²) in [6.07, 6.45) is 2.37. The topological polar surface area (TPSA) is 62.5 Å². The van der Waals surface area contributed by atoms with Crippen LogP contribution in [0.25, 0.3) is 0 Å². The van der Waals surface area contributed by atoms with Gasteiger partial charge in [0.2, 0.25) is 5.82 Å². The van der Waals surface area contributed by atoms with E-state index in [0.717, 1.165) is 32.6 Å². The second-order valence-electron chi connectivity index (χ2n) is 5.01. The third-order valence-corrected chi connectivity index (χ3v) is 4.11. The minimum absolute atomic E-state index is 0.0378. The first-order valence-electron chi connectivity index (χ1n) is 6.45. The smallest absolute Gasteiger partial charge is 0.311 e. The number of piperazine rings is 1. The van der Waals surface area contributed by atoms with Gasteiger partial charge in [-0.05, 0) is 25.5 Å². The highest BCUT2D eigenvalue weighted by Crippen LogP contribution is 2.31. The van der Waals surface area contributed by atoms with Crippen LogP contribution in [0.4, 0.5) is 11.5 Å². The lowest BCUT2D eigenvalue weighted by atomic mass is 10.1. The maximum atomic E-state index is 11.1. The largest absolute Gasteiger partial charge is 0.348 e. The molecular weight excluding hydrogens is 268 g/mol. The molecule has 6 nitrogen and oxygen atoms in total. The van der Waals surface area contributed by atoms with E-state index in [9.17, 15) is 10.1 Å². The molecule has 0 N–H and O–H groups in total. The first-order valence-corrected chi connectivity index (χ1v) is 6.83. The van der Waals surface area contributed by atoms with Gasteiger partial charge in [0.25, 0.3) is 0 Å². The van der Waals surface area contributed by atoms with Crippen molar-refractivity contribution in [2.45, 2.75) is 18.9 Å². The number of aromatic nitrogens is 1. The van der Waals surface area contributed by atoms with Gasteiger partial charge in [0.15, 0.2) is 0 Å². The highest BCUT2D eigenvalue weighted by Gasteiger charge is 2.33. The first kappa shape index (κ1) is 12.6. The monoisotopic (exact) mass is 282 g/mol. The molecule has 0 radical (unpaired) electrons. The summed E-state index contributed by atoms with van der Waals surface area (Å²) in [5, 5.41) is 11.4. The van der Waals surface area contributed by atoms with Crippen molar-refractivity contribution < 1.29 is 4.92 Å². The number of halogens is 1. The Balaban J connectivity index is 1.89. The zero-order valence-corrected chi connectivity index (χ0v) is 11.2. The van der Waals surface area contributed by atoms with Crippen LogP contribution in [0.2, 0.25) is 5.15 Å². The molecule has 3 rings (SSSR count). The van der Waals surface area contributed by atoms with Gasteiger partial charge >= 0.3 is 5.69 Å². The molecule has 1 aromatic heterocycles. The van der Waals surface area contributed by atoms with Gasteiger partial charge in [-0.2, -0.15) is 0 Å². The number of hydrogen-bond donors (Lipinski definition) is 0. The molecule has 0 amide bonds. The van der Waals surface area contributed by atoms with Gasteiger partial charge < -0.3 is 4.90 Å². The second kappa shape index (κ2) is 4.94. The molecule has 2 fully saturated rings. The molecule has 0 spiro atoms. The minimum Gasteiger partial charge on any atom is -0.348 e. The molecule has 7 heteroatoms. The summed E-state index contributed by atoms with van der Waals surface area (Å²) in [4.78, 5) is 19.3. The van der Waals surface area contributed by atoms with Gasteiger partial charge in [0, 0.05) is 31.7 Å². The van der Waals surface area contributed by atoms with Gasteiger partial charge in [-0.3, -0.25) is 15.0 Å². The maximum Gasteiger partial charge on any atom is 0.311 e. The molecule has 2 saturated heterocycles. The average Bonchev–Trinajstić information content (AvgIpc) is 2.85. The van der Waals surface area contributed by atoms with Crippen molar-refractivity contribution in [2.24, 2.45) is 0 Å². The Hall–Kier alpha value is -1.40. The molecule has 19 heavy (non-hydrogen) atoms. The van der Waals surface area contributed by atoms with Gasteiger partial charge in [-0.1, -0.05) is 11.6 Å². The molecule has 0 bridgehead atoms. The van der Waals surface area contributed by atoms with E-state index in [1.54, 1.807) is 0 Å². The van der Waals surface area contributed by atoms with E-state index in [1.165, 1.54) is 18.6 Å². The van der Waals surface area contributed by atoms with Gasteiger partial charge in [-0.25, -0.2) is 4.98 Å². The molecular formula is C12H15ClN4O2.